The summed E-state index contributed by atoms with van der Waals surface area (Å²) in [5.74, 6) is 0. The SMILES string of the molecule is Cc1ccc(NS(=O)(=O)c2ccn[nH]2)cc1S(N)(=O)=O. The van der Waals surface area contributed by atoms with Crippen molar-refractivity contribution in [3.8, 4) is 0 Å². The predicted octanol–water partition coefficient (Wildman–Crippen LogP) is 0.166. The van der Waals surface area contributed by atoms with Gasteiger partial charge in [0.15, 0.2) is 5.03 Å². The zero-order chi connectivity index (χ0) is 15.0. The number of nitrogens with one attached hydrogen (secondary N) is 2. The fraction of sp³-hybridized carbons (Fsp3) is 0.100. The molecule has 1 aromatic heterocycles. The van der Waals surface area contributed by atoms with Crippen molar-refractivity contribution in [3.63, 3.8) is 0 Å². The Morgan fingerprint density at radius 2 is 1.90 bits per heavy atom. The molecule has 0 saturated carbocycles. The van der Waals surface area contributed by atoms with Crippen molar-refractivity contribution in [2.75, 3.05) is 4.72 Å². The molecule has 20 heavy (non-hydrogen) atoms. The normalized spacial score (nSPS) is 12.3. The van der Waals surface area contributed by atoms with Crippen LogP contribution in [0.4, 0.5) is 5.69 Å². The van der Waals surface area contributed by atoms with Gasteiger partial charge in [-0.25, -0.2) is 13.6 Å². The van der Waals surface area contributed by atoms with Crippen molar-refractivity contribution >= 4 is 25.7 Å². The van der Waals surface area contributed by atoms with Crippen LogP contribution in [-0.4, -0.2) is 27.0 Å². The molecule has 8 nitrogen and oxygen atoms in total. The lowest BCUT2D eigenvalue weighted by Gasteiger charge is -2.09. The van der Waals surface area contributed by atoms with Crippen LogP contribution in [0.2, 0.25) is 0 Å². The van der Waals surface area contributed by atoms with Gasteiger partial charge >= 0.3 is 0 Å². The van der Waals surface area contributed by atoms with Crippen LogP contribution in [0.5, 0.6) is 0 Å². The summed E-state index contributed by atoms with van der Waals surface area (Å²) >= 11 is 0. The first-order valence-corrected chi connectivity index (χ1v) is 8.39. The van der Waals surface area contributed by atoms with Gasteiger partial charge in [0.25, 0.3) is 10.0 Å². The Morgan fingerprint density at radius 1 is 1.20 bits per heavy atom. The summed E-state index contributed by atoms with van der Waals surface area (Å²) in [4.78, 5) is -0.137. The maximum absolute atomic E-state index is 11.9. The van der Waals surface area contributed by atoms with E-state index in [1.165, 1.54) is 30.5 Å². The third kappa shape index (κ3) is 2.98. The van der Waals surface area contributed by atoms with E-state index < -0.39 is 20.0 Å². The van der Waals surface area contributed by atoms with Crippen LogP contribution in [0.15, 0.2) is 40.4 Å². The topological polar surface area (TPSA) is 135 Å². The number of hydrogen-bond donors (Lipinski definition) is 3. The molecule has 0 aliphatic rings. The molecule has 0 spiro atoms. The van der Waals surface area contributed by atoms with E-state index in [9.17, 15) is 16.8 Å². The fourth-order valence-electron chi connectivity index (χ4n) is 1.57. The quantitative estimate of drug-likeness (QED) is 0.738. The average Bonchev–Trinajstić information content (AvgIpc) is 2.84. The van der Waals surface area contributed by atoms with Crippen molar-refractivity contribution in [1.82, 2.24) is 10.2 Å². The fourth-order valence-corrected chi connectivity index (χ4v) is 3.34. The molecule has 0 amide bonds. The minimum absolute atomic E-state index is 0.0919. The van der Waals surface area contributed by atoms with E-state index in [4.69, 9.17) is 5.14 Å². The van der Waals surface area contributed by atoms with Crippen molar-refractivity contribution in [2.45, 2.75) is 16.8 Å². The molecule has 0 fully saturated rings. The molecular formula is C10H12N4O4S2. The van der Waals surface area contributed by atoms with Crippen molar-refractivity contribution in [3.05, 3.63) is 36.0 Å². The number of nitrogens with two attached hydrogens (primary N) is 1. The number of H-pyrrole nitrogens is 1. The molecule has 0 radical (unpaired) electrons. The van der Waals surface area contributed by atoms with Crippen LogP contribution in [0.1, 0.15) is 5.56 Å². The summed E-state index contributed by atoms with van der Waals surface area (Å²) in [7, 11) is -7.77. The van der Waals surface area contributed by atoms with Gasteiger partial charge in [-0.3, -0.25) is 9.82 Å². The van der Waals surface area contributed by atoms with E-state index in [-0.39, 0.29) is 15.6 Å². The first-order chi connectivity index (χ1) is 9.20. The molecule has 4 N–H and O–H groups in total. The molecule has 0 aliphatic carbocycles. The molecule has 2 aromatic rings. The van der Waals surface area contributed by atoms with Gasteiger partial charge in [0.1, 0.15) is 0 Å². The molecule has 0 unspecified atom stereocenters. The van der Waals surface area contributed by atoms with Gasteiger partial charge in [0.2, 0.25) is 10.0 Å². The summed E-state index contributed by atoms with van der Waals surface area (Å²) in [6.45, 7) is 1.56. The number of rotatable bonds is 4. The molecule has 1 heterocycles. The lowest BCUT2D eigenvalue weighted by atomic mass is 10.2. The number of sulfonamides is 2. The van der Waals surface area contributed by atoms with Crippen LogP contribution in [0, 0.1) is 6.92 Å². The number of nitrogens with zero attached hydrogens (tertiary/aromatic N) is 1. The van der Waals surface area contributed by atoms with E-state index in [1.54, 1.807) is 6.92 Å². The highest BCUT2D eigenvalue weighted by Crippen LogP contribution is 2.21. The minimum Gasteiger partial charge on any atom is -0.278 e. The highest BCUT2D eigenvalue weighted by Gasteiger charge is 2.18. The van der Waals surface area contributed by atoms with Crippen LogP contribution in [0.3, 0.4) is 0 Å². The van der Waals surface area contributed by atoms with Gasteiger partial charge in [-0.2, -0.15) is 13.5 Å². The molecular weight excluding hydrogens is 304 g/mol. The van der Waals surface area contributed by atoms with Crippen LogP contribution >= 0.6 is 0 Å². The lowest BCUT2D eigenvalue weighted by Crippen LogP contribution is -2.16. The highest BCUT2D eigenvalue weighted by atomic mass is 32.2. The van der Waals surface area contributed by atoms with E-state index >= 15 is 0 Å². The molecule has 0 atom stereocenters. The van der Waals surface area contributed by atoms with Gasteiger partial charge in [0.05, 0.1) is 16.8 Å². The Balaban J connectivity index is 2.42. The van der Waals surface area contributed by atoms with Gasteiger partial charge in [0, 0.05) is 0 Å². The Bertz CT molecular complexity index is 826. The maximum Gasteiger partial charge on any atom is 0.278 e. The molecule has 0 bridgehead atoms. The summed E-state index contributed by atoms with van der Waals surface area (Å²) in [5, 5.41) is 10.8. The number of hydrogen-bond acceptors (Lipinski definition) is 5. The van der Waals surface area contributed by atoms with Crippen molar-refractivity contribution in [1.29, 1.82) is 0 Å². The van der Waals surface area contributed by atoms with Gasteiger partial charge in [-0.1, -0.05) is 6.07 Å². The number of aryl methyl sites for hydroxylation is 1. The van der Waals surface area contributed by atoms with Crippen LogP contribution < -0.4 is 9.86 Å². The van der Waals surface area contributed by atoms with E-state index in [2.05, 4.69) is 14.9 Å². The van der Waals surface area contributed by atoms with Crippen molar-refractivity contribution < 1.29 is 16.8 Å². The van der Waals surface area contributed by atoms with Crippen LogP contribution in [-0.2, 0) is 20.0 Å². The van der Waals surface area contributed by atoms with E-state index in [0.717, 1.165) is 0 Å². The molecule has 1 aromatic carbocycles. The third-order valence-electron chi connectivity index (χ3n) is 2.51. The molecule has 0 aliphatic heterocycles. The number of anilines is 1. The number of benzene rings is 1. The maximum atomic E-state index is 11.9. The Kier molecular flexibility index (Phi) is 3.54. The van der Waals surface area contributed by atoms with E-state index in [0.29, 0.717) is 5.56 Å². The molecule has 2 rings (SSSR count). The molecule has 108 valence electrons. The first kappa shape index (κ1) is 14.5. The Hall–Kier alpha value is -1.91. The number of aromatic nitrogens is 2. The largest absolute Gasteiger partial charge is 0.278 e. The molecule has 10 heteroatoms. The second kappa shape index (κ2) is 4.89. The van der Waals surface area contributed by atoms with Gasteiger partial charge in [-0.05, 0) is 30.7 Å². The first-order valence-electron chi connectivity index (χ1n) is 5.36. The minimum atomic E-state index is -3.92. The van der Waals surface area contributed by atoms with E-state index in [1.807, 2.05) is 0 Å². The predicted molar refractivity (Wildman–Crippen MR) is 71.9 cm³/mol. The Morgan fingerprint density at radius 3 is 2.45 bits per heavy atom. The molecule has 0 saturated heterocycles. The standard InChI is InChI=1S/C10H12N4O4S2/c1-7-2-3-8(6-9(7)19(11,15)16)14-20(17,18)10-4-5-12-13-10/h2-6,14H,1H3,(H,12,13)(H2,11,15,16). The number of primary sulfonamides is 1. The zero-order valence-electron chi connectivity index (χ0n) is 10.4. The number of aromatic amines is 1. The van der Waals surface area contributed by atoms with Gasteiger partial charge in [-0.15, -0.1) is 0 Å². The third-order valence-corrected chi connectivity index (χ3v) is 4.88. The lowest BCUT2D eigenvalue weighted by molar-refractivity contribution is 0.594. The average molecular weight is 316 g/mol. The summed E-state index contributed by atoms with van der Waals surface area (Å²) in [6.07, 6.45) is 1.29. The Labute approximate surface area is 116 Å². The van der Waals surface area contributed by atoms with Gasteiger partial charge < -0.3 is 0 Å². The zero-order valence-corrected chi connectivity index (χ0v) is 12.0. The summed E-state index contributed by atoms with van der Waals surface area (Å²) in [5.41, 5.74) is 0.520. The monoisotopic (exact) mass is 316 g/mol. The highest BCUT2D eigenvalue weighted by molar-refractivity contribution is 7.92. The summed E-state index contributed by atoms with van der Waals surface area (Å²) in [6, 6.07) is 5.35. The van der Waals surface area contributed by atoms with Crippen LogP contribution in [0.25, 0.3) is 0 Å². The smallest absolute Gasteiger partial charge is 0.278 e. The summed E-state index contributed by atoms with van der Waals surface area (Å²) < 4.78 is 48.9. The second-order valence-electron chi connectivity index (χ2n) is 4.05. The van der Waals surface area contributed by atoms with Crippen molar-refractivity contribution in [2.24, 2.45) is 5.14 Å². The second-order valence-corrected chi connectivity index (χ2v) is 7.23.